The summed E-state index contributed by atoms with van der Waals surface area (Å²) < 4.78 is 28.6. The van der Waals surface area contributed by atoms with Crippen LogP contribution in [-0.2, 0) is 10.7 Å². The Kier molecular flexibility index (Phi) is 5.11. The average Bonchev–Trinajstić information content (AvgIpc) is 3.44. The van der Waals surface area contributed by atoms with E-state index in [0.29, 0.717) is 23.7 Å². The third-order valence-corrected chi connectivity index (χ3v) is 4.05. The minimum absolute atomic E-state index is 0.0548. The lowest BCUT2D eigenvalue weighted by Gasteiger charge is -2.10. The van der Waals surface area contributed by atoms with Gasteiger partial charge in [-0.25, -0.2) is 15.0 Å². The molecule has 27 heavy (non-hydrogen) atoms. The minimum Gasteiger partial charge on any atom is -0.313 e. The van der Waals surface area contributed by atoms with Crippen molar-refractivity contribution in [1.29, 1.82) is 0 Å². The van der Waals surface area contributed by atoms with E-state index in [0.717, 1.165) is 30.8 Å². The van der Waals surface area contributed by atoms with Crippen molar-refractivity contribution in [3.63, 3.8) is 0 Å². The summed E-state index contributed by atoms with van der Waals surface area (Å²) in [6.07, 6.45) is 5.47. The maximum atomic E-state index is 13.6. The van der Waals surface area contributed by atoms with Crippen molar-refractivity contribution >= 4 is 23.1 Å². The number of hydrogen-bond donors (Lipinski definition) is 1. The van der Waals surface area contributed by atoms with Crippen molar-refractivity contribution in [2.45, 2.75) is 45.5 Å². The van der Waals surface area contributed by atoms with E-state index in [1.807, 2.05) is 13.8 Å². The molecule has 0 saturated heterocycles. The summed E-state index contributed by atoms with van der Waals surface area (Å²) in [5.74, 6) is -2.36. The minimum atomic E-state index is -3.08. The molecule has 0 unspecified atom stereocenters. The number of nitrogens with zero attached hydrogens (tertiary/aromatic N) is 5. The fourth-order valence-corrected chi connectivity index (χ4v) is 2.68. The van der Waals surface area contributed by atoms with E-state index in [4.69, 9.17) is 0 Å². The Morgan fingerprint density at radius 3 is 2.67 bits per heavy atom. The van der Waals surface area contributed by atoms with Gasteiger partial charge in [0.15, 0.2) is 0 Å². The van der Waals surface area contributed by atoms with E-state index in [1.54, 1.807) is 12.3 Å². The fourth-order valence-electron chi connectivity index (χ4n) is 2.68. The molecule has 0 aliphatic heterocycles. The van der Waals surface area contributed by atoms with Crippen LogP contribution < -0.4 is 5.32 Å². The highest BCUT2D eigenvalue weighted by Gasteiger charge is 2.31. The number of hydrogen-bond acceptors (Lipinski definition) is 5. The molecule has 1 aliphatic rings. The van der Waals surface area contributed by atoms with Crippen molar-refractivity contribution in [3.8, 4) is 5.95 Å². The lowest BCUT2D eigenvalue weighted by atomic mass is 10.2. The van der Waals surface area contributed by atoms with Crippen LogP contribution in [0.1, 0.15) is 50.9 Å². The molecule has 0 spiro atoms. The Morgan fingerprint density at radius 2 is 2.04 bits per heavy atom. The number of aromatic nitrogens is 5. The van der Waals surface area contributed by atoms with E-state index >= 15 is 0 Å². The molecule has 0 aromatic carbocycles. The average molecular weight is 374 g/mol. The van der Waals surface area contributed by atoms with Gasteiger partial charge in [-0.3, -0.25) is 4.79 Å². The largest absolute Gasteiger partial charge is 0.313 e. The number of amides is 1. The summed E-state index contributed by atoms with van der Waals surface area (Å²) in [5, 5.41) is 7.81. The topological polar surface area (TPSA) is 85.6 Å². The third kappa shape index (κ3) is 3.76. The van der Waals surface area contributed by atoms with E-state index in [1.165, 1.54) is 16.9 Å². The number of halogens is 2. The van der Waals surface area contributed by atoms with Crippen molar-refractivity contribution in [1.82, 2.24) is 24.7 Å². The number of rotatable bonds is 5. The molecule has 142 valence electrons. The van der Waals surface area contributed by atoms with E-state index in [2.05, 4.69) is 25.4 Å². The zero-order valence-electron chi connectivity index (χ0n) is 15.3. The lowest BCUT2D eigenvalue weighted by molar-refractivity contribution is -0.105. The highest BCUT2D eigenvalue weighted by Crippen LogP contribution is 2.42. The molecule has 1 saturated carbocycles. The second kappa shape index (κ2) is 7.34. The molecule has 7 nitrogen and oxygen atoms in total. The summed E-state index contributed by atoms with van der Waals surface area (Å²) in [4.78, 5) is 22.9. The maximum Gasteiger partial charge on any atom is 0.287 e. The van der Waals surface area contributed by atoms with Crippen LogP contribution in [0, 0.1) is 0 Å². The summed E-state index contributed by atoms with van der Waals surface area (Å²) in [7, 11) is 0. The van der Waals surface area contributed by atoms with Gasteiger partial charge in [0.05, 0.1) is 11.2 Å². The molecule has 0 bridgehead atoms. The molecule has 1 fully saturated rings. The van der Waals surface area contributed by atoms with Gasteiger partial charge in [0.1, 0.15) is 11.5 Å². The van der Waals surface area contributed by atoms with Crippen LogP contribution in [0.15, 0.2) is 24.5 Å². The molecule has 1 N–H and O–H groups in total. The Morgan fingerprint density at radius 1 is 1.30 bits per heavy atom. The van der Waals surface area contributed by atoms with Crippen molar-refractivity contribution in [2.24, 2.45) is 0 Å². The van der Waals surface area contributed by atoms with Crippen LogP contribution in [0.2, 0.25) is 0 Å². The third-order valence-electron chi connectivity index (χ3n) is 4.05. The second-order valence-electron chi connectivity index (χ2n) is 6.05. The van der Waals surface area contributed by atoms with Gasteiger partial charge in [-0.2, -0.15) is 18.6 Å². The molecule has 3 heterocycles. The Balaban J connectivity index is 0.00000102. The standard InChI is InChI=1S/C16H14F2N6O.C2H6/c1-16(17,18)12-4-5-19-15(22-12)24-11-6-13(21-8-25)20-7-10(11)14(23-24)9-2-3-9;1-2/h4-9H,2-3H2,1H3,(H,20,21,25);1-2H3. The van der Waals surface area contributed by atoms with Crippen LogP contribution in [0.3, 0.4) is 0 Å². The normalized spacial score (nSPS) is 13.8. The predicted molar refractivity (Wildman–Crippen MR) is 97.0 cm³/mol. The molecule has 3 aromatic heterocycles. The Bertz CT molecular complexity index is 962. The molecule has 0 atom stereocenters. The predicted octanol–water partition coefficient (Wildman–Crippen LogP) is 3.79. The number of nitrogens with one attached hydrogen (secondary N) is 1. The van der Waals surface area contributed by atoms with Gasteiger partial charge < -0.3 is 5.32 Å². The highest BCUT2D eigenvalue weighted by molar-refractivity contribution is 5.86. The smallest absolute Gasteiger partial charge is 0.287 e. The second-order valence-corrected chi connectivity index (χ2v) is 6.05. The summed E-state index contributed by atoms with van der Waals surface area (Å²) >= 11 is 0. The molecule has 1 aliphatic carbocycles. The number of carbonyl (C=O) groups is 1. The van der Waals surface area contributed by atoms with E-state index < -0.39 is 5.92 Å². The van der Waals surface area contributed by atoms with Gasteiger partial charge >= 0.3 is 0 Å². The summed E-state index contributed by atoms with van der Waals surface area (Å²) in [6, 6.07) is 2.81. The zero-order valence-corrected chi connectivity index (χ0v) is 15.3. The van der Waals surface area contributed by atoms with Gasteiger partial charge in [0, 0.05) is 36.7 Å². The van der Waals surface area contributed by atoms with Crippen LogP contribution in [-0.4, -0.2) is 31.1 Å². The van der Waals surface area contributed by atoms with Crippen LogP contribution in [0.4, 0.5) is 14.6 Å². The summed E-state index contributed by atoms with van der Waals surface area (Å²) in [6.45, 7) is 4.78. The number of carbonyl (C=O) groups excluding carboxylic acids is 1. The van der Waals surface area contributed by atoms with Gasteiger partial charge in [0.2, 0.25) is 6.41 Å². The number of anilines is 1. The first kappa shape index (κ1) is 18.8. The monoisotopic (exact) mass is 374 g/mol. The number of pyridine rings is 1. The quantitative estimate of drug-likeness (QED) is 0.687. The molecule has 0 radical (unpaired) electrons. The van der Waals surface area contributed by atoms with Crippen molar-refractivity contribution in [3.05, 3.63) is 35.9 Å². The molecule has 1 amide bonds. The SMILES string of the molecule is CC.CC(F)(F)c1ccnc(-n2nc(C3CC3)c3cnc(NC=O)cc32)n1. The maximum absolute atomic E-state index is 13.6. The fraction of sp³-hybridized carbons (Fsp3) is 0.389. The molecule has 9 heteroatoms. The van der Waals surface area contributed by atoms with Gasteiger partial charge in [0.25, 0.3) is 11.9 Å². The molecular formula is C18H20F2N6O. The van der Waals surface area contributed by atoms with Crippen molar-refractivity contribution in [2.75, 3.05) is 5.32 Å². The van der Waals surface area contributed by atoms with Gasteiger partial charge in [-0.05, 0) is 18.9 Å². The Labute approximate surface area is 154 Å². The highest BCUT2D eigenvalue weighted by atomic mass is 19.3. The first-order valence-electron chi connectivity index (χ1n) is 8.78. The summed E-state index contributed by atoms with van der Waals surface area (Å²) in [5.41, 5.74) is 1.07. The Hall–Kier alpha value is -2.97. The van der Waals surface area contributed by atoms with Crippen LogP contribution >= 0.6 is 0 Å². The van der Waals surface area contributed by atoms with Gasteiger partial charge in [-0.15, -0.1) is 0 Å². The molecule has 4 rings (SSSR count). The van der Waals surface area contributed by atoms with E-state index in [-0.39, 0.29) is 11.6 Å². The molecular weight excluding hydrogens is 354 g/mol. The zero-order chi connectivity index (χ0) is 19.6. The van der Waals surface area contributed by atoms with Crippen LogP contribution in [0.5, 0.6) is 0 Å². The van der Waals surface area contributed by atoms with Gasteiger partial charge in [-0.1, -0.05) is 13.8 Å². The van der Waals surface area contributed by atoms with Crippen molar-refractivity contribution < 1.29 is 13.6 Å². The number of alkyl halides is 2. The molecule has 3 aromatic rings. The number of fused-ring (bicyclic) bond motifs is 1. The first-order chi connectivity index (χ1) is 13.0. The van der Waals surface area contributed by atoms with E-state index in [9.17, 15) is 13.6 Å². The lowest BCUT2D eigenvalue weighted by Crippen LogP contribution is -2.13. The van der Waals surface area contributed by atoms with Crippen LogP contribution in [0.25, 0.3) is 16.9 Å². The first-order valence-corrected chi connectivity index (χ1v) is 8.78.